The molecule has 25 heavy (non-hydrogen) atoms. The van der Waals surface area contributed by atoms with Gasteiger partial charge in [-0.25, -0.2) is 0 Å². The van der Waals surface area contributed by atoms with Gasteiger partial charge in [0.15, 0.2) is 0 Å². The van der Waals surface area contributed by atoms with E-state index < -0.39 is 0 Å². The van der Waals surface area contributed by atoms with Crippen LogP contribution in [0, 0.1) is 11.3 Å². The minimum Gasteiger partial charge on any atom is -0.494 e. The molecule has 3 rings (SSSR count). The van der Waals surface area contributed by atoms with E-state index in [1.54, 1.807) is 6.07 Å². The summed E-state index contributed by atoms with van der Waals surface area (Å²) in [5.74, 6) is 2.20. The molecule has 0 radical (unpaired) electrons. The van der Waals surface area contributed by atoms with Crippen molar-refractivity contribution in [2.45, 2.75) is 13.3 Å². The van der Waals surface area contributed by atoms with Gasteiger partial charge in [-0.1, -0.05) is 37.3 Å². The summed E-state index contributed by atoms with van der Waals surface area (Å²) in [6, 6.07) is 25.2. The van der Waals surface area contributed by atoms with Crippen molar-refractivity contribution in [3.05, 3.63) is 78.4 Å². The Labute approximate surface area is 148 Å². The van der Waals surface area contributed by atoms with Crippen molar-refractivity contribution >= 4 is 0 Å². The highest BCUT2D eigenvalue weighted by Gasteiger charge is 2.07. The third-order valence-electron chi connectivity index (χ3n) is 3.65. The first-order chi connectivity index (χ1) is 12.3. The quantitative estimate of drug-likeness (QED) is 0.573. The number of hydrogen-bond acceptors (Lipinski definition) is 3. The highest BCUT2D eigenvalue weighted by Crippen LogP contribution is 2.30. The summed E-state index contributed by atoms with van der Waals surface area (Å²) in [5, 5.41) is 9.34. The van der Waals surface area contributed by atoms with Crippen LogP contribution in [-0.2, 0) is 0 Å². The van der Waals surface area contributed by atoms with Gasteiger partial charge in [0.1, 0.15) is 17.2 Å². The summed E-state index contributed by atoms with van der Waals surface area (Å²) in [6.45, 7) is 2.76. The summed E-state index contributed by atoms with van der Waals surface area (Å²) >= 11 is 0. The maximum atomic E-state index is 9.34. The average Bonchev–Trinajstić information content (AvgIpc) is 2.67. The van der Waals surface area contributed by atoms with Crippen molar-refractivity contribution < 1.29 is 9.47 Å². The van der Waals surface area contributed by atoms with Gasteiger partial charge >= 0.3 is 0 Å². The Hall–Kier alpha value is -3.25. The van der Waals surface area contributed by atoms with Crippen molar-refractivity contribution in [2.24, 2.45) is 0 Å². The Morgan fingerprint density at radius 3 is 2.32 bits per heavy atom. The molecule has 0 atom stereocenters. The number of hydrogen-bond donors (Lipinski definition) is 0. The largest absolute Gasteiger partial charge is 0.494 e. The van der Waals surface area contributed by atoms with Crippen LogP contribution in [0.1, 0.15) is 18.9 Å². The van der Waals surface area contributed by atoms with Crippen LogP contribution in [0.3, 0.4) is 0 Å². The fourth-order valence-electron chi connectivity index (χ4n) is 2.50. The van der Waals surface area contributed by atoms with E-state index in [4.69, 9.17) is 9.47 Å². The smallest absolute Gasteiger partial charge is 0.129 e. The van der Waals surface area contributed by atoms with E-state index in [2.05, 4.69) is 13.0 Å². The molecule has 0 saturated carbocycles. The van der Waals surface area contributed by atoms with Gasteiger partial charge in [0.2, 0.25) is 0 Å². The third-order valence-corrected chi connectivity index (χ3v) is 3.65. The molecule has 124 valence electrons. The first-order valence-electron chi connectivity index (χ1n) is 8.30. The summed E-state index contributed by atoms with van der Waals surface area (Å²) < 4.78 is 11.6. The maximum Gasteiger partial charge on any atom is 0.129 e. The molecule has 0 fully saturated rings. The molecule has 3 aromatic carbocycles. The fraction of sp³-hybridized carbons (Fsp3) is 0.136. The second kappa shape index (κ2) is 8.03. The predicted octanol–water partition coefficient (Wildman–Crippen LogP) is 5.81. The van der Waals surface area contributed by atoms with Crippen LogP contribution < -0.4 is 9.47 Å². The number of benzene rings is 3. The van der Waals surface area contributed by atoms with E-state index in [0.29, 0.717) is 17.9 Å². The standard InChI is InChI=1S/C22H19NO2/c1-2-11-24-21-10-6-7-18(14-21)19-12-17(16-23)13-22(15-19)25-20-8-4-3-5-9-20/h3-10,12-15H,2,11H2,1H3. The SMILES string of the molecule is CCCOc1cccc(-c2cc(C#N)cc(Oc3ccccc3)c2)c1. The van der Waals surface area contributed by atoms with Crippen LogP contribution in [0.15, 0.2) is 72.8 Å². The summed E-state index contributed by atoms with van der Waals surface area (Å²) in [7, 11) is 0. The Balaban J connectivity index is 1.93. The van der Waals surface area contributed by atoms with Gasteiger partial charge in [-0.15, -0.1) is 0 Å². The zero-order chi connectivity index (χ0) is 17.5. The van der Waals surface area contributed by atoms with E-state index in [-0.39, 0.29) is 0 Å². The van der Waals surface area contributed by atoms with Crippen molar-refractivity contribution in [3.63, 3.8) is 0 Å². The molecule has 0 saturated heterocycles. The maximum absolute atomic E-state index is 9.34. The van der Waals surface area contributed by atoms with E-state index in [1.165, 1.54) is 0 Å². The van der Waals surface area contributed by atoms with Gasteiger partial charge in [0, 0.05) is 0 Å². The van der Waals surface area contributed by atoms with Crippen LogP contribution in [0.25, 0.3) is 11.1 Å². The van der Waals surface area contributed by atoms with E-state index >= 15 is 0 Å². The van der Waals surface area contributed by atoms with Crippen LogP contribution in [0.2, 0.25) is 0 Å². The highest BCUT2D eigenvalue weighted by atomic mass is 16.5. The lowest BCUT2D eigenvalue weighted by molar-refractivity contribution is 0.317. The van der Waals surface area contributed by atoms with E-state index in [9.17, 15) is 5.26 Å². The van der Waals surface area contributed by atoms with Gasteiger partial charge in [0.25, 0.3) is 0 Å². The number of rotatable bonds is 6. The zero-order valence-electron chi connectivity index (χ0n) is 14.1. The minimum absolute atomic E-state index is 0.559. The van der Waals surface area contributed by atoms with Crippen LogP contribution >= 0.6 is 0 Å². The van der Waals surface area contributed by atoms with Crippen molar-refractivity contribution in [1.29, 1.82) is 5.26 Å². The Kier molecular flexibility index (Phi) is 5.33. The predicted molar refractivity (Wildman–Crippen MR) is 98.9 cm³/mol. The minimum atomic E-state index is 0.559. The molecule has 0 amide bonds. The van der Waals surface area contributed by atoms with E-state index in [1.807, 2.05) is 66.7 Å². The second-order valence-corrected chi connectivity index (χ2v) is 5.65. The molecule has 0 spiro atoms. The van der Waals surface area contributed by atoms with Crippen molar-refractivity contribution in [1.82, 2.24) is 0 Å². The van der Waals surface area contributed by atoms with Crippen LogP contribution in [-0.4, -0.2) is 6.61 Å². The topological polar surface area (TPSA) is 42.2 Å². The number of nitriles is 1. The first kappa shape index (κ1) is 16.6. The molecule has 0 aromatic heterocycles. The molecule has 0 aliphatic carbocycles. The summed E-state index contributed by atoms with van der Waals surface area (Å²) in [5.41, 5.74) is 2.47. The summed E-state index contributed by atoms with van der Waals surface area (Å²) in [6.07, 6.45) is 0.962. The lowest BCUT2D eigenvalue weighted by Gasteiger charge is -2.10. The number of para-hydroxylation sites is 1. The average molecular weight is 329 g/mol. The number of nitrogens with zero attached hydrogens (tertiary/aromatic N) is 1. The Bertz CT molecular complexity index is 882. The fourth-order valence-corrected chi connectivity index (χ4v) is 2.50. The Morgan fingerprint density at radius 2 is 1.56 bits per heavy atom. The molecular formula is C22H19NO2. The molecule has 0 heterocycles. The lowest BCUT2D eigenvalue weighted by Crippen LogP contribution is -1.95. The van der Waals surface area contributed by atoms with Gasteiger partial charge < -0.3 is 9.47 Å². The van der Waals surface area contributed by atoms with Gasteiger partial charge in [-0.3, -0.25) is 0 Å². The van der Waals surface area contributed by atoms with Crippen molar-refractivity contribution in [2.75, 3.05) is 6.61 Å². The molecular weight excluding hydrogens is 310 g/mol. The molecule has 0 aliphatic rings. The molecule has 3 nitrogen and oxygen atoms in total. The van der Waals surface area contributed by atoms with Gasteiger partial charge in [0.05, 0.1) is 18.2 Å². The van der Waals surface area contributed by atoms with Crippen LogP contribution in [0.4, 0.5) is 0 Å². The molecule has 3 aromatic rings. The molecule has 0 unspecified atom stereocenters. The lowest BCUT2D eigenvalue weighted by atomic mass is 10.0. The number of ether oxygens (including phenoxy) is 2. The first-order valence-corrected chi connectivity index (χ1v) is 8.30. The summed E-state index contributed by atoms with van der Waals surface area (Å²) in [4.78, 5) is 0. The third kappa shape index (κ3) is 4.39. The van der Waals surface area contributed by atoms with Crippen molar-refractivity contribution in [3.8, 4) is 34.4 Å². The highest BCUT2D eigenvalue weighted by molar-refractivity contribution is 5.68. The molecule has 0 bridgehead atoms. The molecule has 0 aliphatic heterocycles. The normalized spacial score (nSPS) is 10.1. The molecule has 0 N–H and O–H groups in total. The van der Waals surface area contributed by atoms with E-state index in [0.717, 1.165) is 29.0 Å². The van der Waals surface area contributed by atoms with Gasteiger partial charge in [-0.05, 0) is 60.0 Å². The Morgan fingerprint density at radius 1 is 0.800 bits per heavy atom. The van der Waals surface area contributed by atoms with Crippen LogP contribution in [0.5, 0.6) is 17.2 Å². The zero-order valence-corrected chi connectivity index (χ0v) is 14.1. The monoisotopic (exact) mass is 329 g/mol. The second-order valence-electron chi connectivity index (χ2n) is 5.65. The van der Waals surface area contributed by atoms with Gasteiger partial charge in [-0.2, -0.15) is 5.26 Å². The molecule has 3 heteroatoms.